The van der Waals surface area contributed by atoms with E-state index >= 15 is 0 Å². The number of rotatable bonds is 0. The van der Waals surface area contributed by atoms with E-state index in [0.29, 0.717) is 15.7 Å². The van der Waals surface area contributed by atoms with Crippen molar-refractivity contribution in [1.29, 1.82) is 0 Å². The molecule has 0 heterocycles. The normalized spacial score (nSPS) is 9.38. The Kier molecular flexibility index (Phi) is 6.70. The van der Waals surface area contributed by atoms with Crippen molar-refractivity contribution in [1.82, 2.24) is 0 Å². The lowest BCUT2D eigenvalue weighted by atomic mass is 10.3. The van der Waals surface area contributed by atoms with Crippen LogP contribution in [-0.4, -0.2) is 4.84 Å². The number of anilines is 1. The third kappa shape index (κ3) is 7.27. The van der Waals surface area contributed by atoms with Gasteiger partial charge in [-0.05, 0) is 25.1 Å². The van der Waals surface area contributed by atoms with Crippen molar-refractivity contribution in [2.75, 3.05) is 5.73 Å². The molecule has 0 spiro atoms. The first-order valence-electron chi connectivity index (χ1n) is 3.42. The van der Waals surface area contributed by atoms with Crippen LogP contribution in [0.2, 0.25) is 10.0 Å². The molecule has 0 aliphatic heterocycles. The Bertz CT molecular complexity index is 260. The molecule has 0 bridgehead atoms. The molecular weight excluding hydrogens is 252 g/mol. The lowest BCUT2D eigenvalue weighted by Gasteiger charge is -1.94. The van der Waals surface area contributed by atoms with Crippen molar-refractivity contribution >= 4 is 52.1 Å². The molecule has 1 aromatic carbocycles. The number of nitrogen functional groups attached to an aromatic ring is 1. The maximum absolute atomic E-state index is 5.60. The third-order valence-electron chi connectivity index (χ3n) is 0.962. The van der Waals surface area contributed by atoms with Gasteiger partial charge in [0, 0.05) is 5.02 Å². The van der Waals surface area contributed by atoms with Crippen molar-refractivity contribution < 1.29 is 0 Å². The molecule has 0 atom stereocenters. The Labute approximate surface area is 97.7 Å². The zero-order valence-corrected chi connectivity index (χ0v) is 9.92. The standard InChI is InChI=1S/C6H5Cl2N.C2H4Cl2/c7-4-1-2-6(9)5(8)3-4;1-2(3)4/h1-3H,9H2;2H,1H3. The van der Waals surface area contributed by atoms with Crippen LogP contribution >= 0.6 is 46.4 Å². The number of nitrogens with two attached hydrogens (primary N) is 1. The molecule has 0 amide bonds. The van der Waals surface area contributed by atoms with Gasteiger partial charge < -0.3 is 5.73 Å². The van der Waals surface area contributed by atoms with Crippen molar-refractivity contribution in [2.45, 2.75) is 11.8 Å². The fraction of sp³-hybridized carbons (Fsp3) is 0.250. The Hall–Kier alpha value is 0.180. The van der Waals surface area contributed by atoms with Gasteiger partial charge in [-0.2, -0.15) is 0 Å². The maximum atomic E-state index is 5.60. The molecule has 5 heteroatoms. The van der Waals surface area contributed by atoms with Gasteiger partial charge in [0.15, 0.2) is 0 Å². The fourth-order valence-corrected chi connectivity index (χ4v) is 0.910. The van der Waals surface area contributed by atoms with Crippen molar-refractivity contribution in [2.24, 2.45) is 0 Å². The molecular formula is C8H9Cl4N. The van der Waals surface area contributed by atoms with E-state index in [2.05, 4.69) is 0 Å². The van der Waals surface area contributed by atoms with Crippen molar-refractivity contribution in [3.63, 3.8) is 0 Å². The van der Waals surface area contributed by atoms with Gasteiger partial charge in [-0.3, -0.25) is 0 Å². The first-order chi connectivity index (χ1) is 5.93. The number of halogens is 4. The summed E-state index contributed by atoms with van der Waals surface area (Å²) < 4.78 is 0. The largest absolute Gasteiger partial charge is 0.398 e. The van der Waals surface area contributed by atoms with E-state index in [4.69, 9.17) is 52.1 Å². The highest BCUT2D eigenvalue weighted by Gasteiger charge is 1.93. The molecule has 0 saturated heterocycles. The van der Waals surface area contributed by atoms with Crippen LogP contribution in [0.15, 0.2) is 18.2 Å². The quantitative estimate of drug-likeness (QED) is 0.544. The Morgan fingerprint density at radius 2 is 1.69 bits per heavy atom. The molecule has 13 heavy (non-hydrogen) atoms. The summed E-state index contributed by atoms with van der Waals surface area (Å²) in [6, 6.07) is 4.98. The van der Waals surface area contributed by atoms with E-state index in [1.807, 2.05) is 0 Å². The Morgan fingerprint density at radius 3 is 2.00 bits per heavy atom. The predicted octanol–water partition coefficient (Wildman–Crippen LogP) is 4.39. The highest BCUT2D eigenvalue weighted by Crippen LogP contribution is 2.21. The third-order valence-corrected chi connectivity index (χ3v) is 1.52. The van der Waals surface area contributed by atoms with Gasteiger partial charge in [0.05, 0.1) is 10.7 Å². The van der Waals surface area contributed by atoms with Crippen molar-refractivity contribution in [3.05, 3.63) is 28.2 Å². The second kappa shape index (κ2) is 6.61. The zero-order chi connectivity index (χ0) is 10.4. The maximum Gasteiger partial charge on any atom is 0.105 e. The van der Waals surface area contributed by atoms with Gasteiger partial charge in [-0.1, -0.05) is 23.2 Å². The van der Waals surface area contributed by atoms with Crippen LogP contribution in [0.25, 0.3) is 0 Å². The van der Waals surface area contributed by atoms with Crippen LogP contribution in [0.5, 0.6) is 0 Å². The first-order valence-corrected chi connectivity index (χ1v) is 5.05. The minimum Gasteiger partial charge on any atom is -0.398 e. The molecule has 1 aromatic rings. The molecule has 0 aliphatic carbocycles. The van der Waals surface area contributed by atoms with Gasteiger partial charge >= 0.3 is 0 Å². The van der Waals surface area contributed by atoms with Crippen molar-refractivity contribution in [3.8, 4) is 0 Å². The molecule has 1 rings (SSSR count). The first kappa shape index (κ1) is 13.2. The average Bonchev–Trinajstić information content (AvgIpc) is 1.96. The van der Waals surface area contributed by atoms with Crippen LogP contribution in [0.1, 0.15) is 6.92 Å². The summed E-state index contributed by atoms with van der Waals surface area (Å²) in [5.41, 5.74) is 5.95. The minimum absolute atomic E-state index is 0.222. The summed E-state index contributed by atoms with van der Waals surface area (Å²) in [6.07, 6.45) is 0. The van der Waals surface area contributed by atoms with E-state index in [9.17, 15) is 0 Å². The lowest BCUT2D eigenvalue weighted by molar-refractivity contribution is 1.39. The average molecular weight is 261 g/mol. The van der Waals surface area contributed by atoms with Gasteiger partial charge in [0.1, 0.15) is 4.84 Å². The Balaban J connectivity index is 0.000000310. The minimum atomic E-state index is -0.222. The van der Waals surface area contributed by atoms with Crippen LogP contribution in [-0.2, 0) is 0 Å². The number of alkyl halides is 2. The molecule has 0 saturated carbocycles. The Morgan fingerprint density at radius 1 is 1.23 bits per heavy atom. The monoisotopic (exact) mass is 259 g/mol. The van der Waals surface area contributed by atoms with Gasteiger partial charge in [0.2, 0.25) is 0 Å². The molecule has 0 aromatic heterocycles. The molecule has 1 nitrogen and oxygen atoms in total. The molecule has 2 N–H and O–H groups in total. The summed E-state index contributed by atoms with van der Waals surface area (Å²) in [6.45, 7) is 1.70. The molecule has 0 radical (unpaired) electrons. The van der Waals surface area contributed by atoms with Crippen LogP contribution in [0.3, 0.4) is 0 Å². The number of hydrogen-bond acceptors (Lipinski definition) is 1. The van der Waals surface area contributed by atoms with E-state index in [0.717, 1.165) is 0 Å². The van der Waals surface area contributed by atoms with E-state index < -0.39 is 0 Å². The molecule has 0 fully saturated rings. The fourth-order valence-electron chi connectivity index (χ4n) is 0.502. The predicted molar refractivity (Wildman–Crippen MR) is 62.0 cm³/mol. The van der Waals surface area contributed by atoms with Gasteiger partial charge in [-0.15, -0.1) is 23.2 Å². The highest BCUT2D eigenvalue weighted by atomic mass is 35.5. The topological polar surface area (TPSA) is 26.0 Å². The SMILES string of the molecule is CC(Cl)Cl.Nc1ccc(Cl)cc1Cl. The molecule has 74 valence electrons. The number of benzene rings is 1. The van der Waals surface area contributed by atoms with Gasteiger partial charge in [0.25, 0.3) is 0 Å². The summed E-state index contributed by atoms with van der Waals surface area (Å²) in [4.78, 5) is -0.222. The summed E-state index contributed by atoms with van der Waals surface area (Å²) in [5, 5.41) is 1.11. The molecule has 0 unspecified atom stereocenters. The van der Waals surface area contributed by atoms with Crippen LogP contribution < -0.4 is 5.73 Å². The smallest absolute Gasteiger partial charge is 0.105 e. The van der Waals surface area contributed by atoms with Crippen LogP contribution in [0.4, 0.5) is 5.69 Å². The highest BCUT2D eigenvalue weighted by molar-refractivity contribution is 6.43. The summed E-state index contributed by atoms with van der Waals surface area (Å²) in [7, 11) is 0. The summed E-state index contributed by atoms with van der Waals surface area (Å²) in [5.74, 6) is 0. The van der Waals surface area contributed by atoms with E-state index in [1.165, 1.54) is 0 Å². The second-order valence-electron chi connectivity index (χ2n) is 2.18. The lowest BCUT2D eigenvalue weighted by Crippen LogP contribution is -1.83. The summed E-state index contributed by atoms with van der Waals surface area (Å²) >= 11 is 21.3. The van der Waals surface area contributed by atoms with E-state index in [1.54, 1.807) is 25.1 Å². The second-order valence-corrected chi connectivity index (χ2v) is 4.56. The molecule has 0 aliphatic rings. The van der Waals surface area contributed by atoms with Gasteiger partial charge in [-0.25, -0.2) is 0 Å². The van der Waals surface area contributed by atoms with E-state index in [-0.39, 0.29) is 4.84 Å². The number of hydrogen-bond donors (Lipinski definition) is 1. The zero-order valence-electron chi connectivity index (χ0n) is 6.90. The van der Waals surface area contributed by atoms with Crippen LogP contribution in [0, 0.1) is 0 Å².